The van der Waals surface area contributed by atoms with Crippen molar-refractivity contribution in [3.63, 3.8) is 0 Å². The Hall–Kier alpha value is -3.87. The van der Waals surface area contributed by atoms with Gasteiger partial charge in [-0.25, -0.2) is 28.8 Å². The van der Waals surface area contributed by atoms with Crippen molar-refractivity contribution < 1.29 is 76.2 Å². The monoisotopic (exact) mass is 425 g/mol. The zero-order chi connectivity index (χ0) is 21.5. The number of amides is 6. The summed E-state index contributed by atoms with van der Waals surface area (Å²) in [7, 11) is 0. The van der Waals surface area contributed by atoms with Gasteiger partial charge in [0.2, 0.25) is 0 Å². The molecule has 0 heterocycles. The van der Waals surface area contributed by atoms with Gasteiger partial charge in [0.15, 0.2) is 0 Å². The molecule has 19 heteroatoms. The van der Waals surface area contributed by atoms with E-state index in [2.05, 4.69) is 34.4 Å². The SMILES string of the molecule is NC(=O)O.NC(=O)O.NC(=O)O.NC(=O)O.NC(=O)O.NC(=O)O.[Co]. The summed E-state index contributed by atoms with van der Waals surface area (Å²) in [6.45, 7) is 0. The van der Waals surface area contributed by atoms with Crippen molar-refractivity contribution in [1.29, 1.82) is 0 Å². The number of hydrogen-bond donors (Lipinski definition) is 12. The number of carbonyl (C=O) groups is 6. The van der Waals surface area contributed by atoms with Crippen LogP contribution in [0.5, 0.6) is 0 Å². The second-order valence-corrected chi connectivity index (χ2v) is 2.03. The van der Waals surface area contributed by atoms with Gasteiger partial charge in [-0.15, -0.1) is 0 Å². The smallest absolute Gasteiger partial charge is 0.402 e. The second-order valence-electron chi connectivity index (χ2n) is 2.03. The van der Waals surface area contributed by atoms with E-state index < -0.39 is 36.6 Å². The second kappa shape index (κ2) is 36.9. The summed E-state index contributed by atoms with van der Waals surface area (Å²) in [4.78, 5) is 52.7. The fraction of sp³-hybridized carbons (Fsp3) is 0. The van der Waals surface area contributed by atoms with E-state index >= 15 is 0 Å². The van der Waals surface area contributed by atoms with E-state index in [1.54, 1.807) is 0 Å². The van der Waals surface area contributed by atoms with Gasteiger partial charge >= 0.3 is 36.6 Å². The van der Waals surface area contributed by atoms with Gasteiger partial charge in [0.25, 0.3) is 0 Å². The van der Waals surface area contributed by atoms with Crippen LogP contribution in [0.1, 0.15) is 0 Å². The van der Waals surface area contributed by atoms with Crippen LogP contribution in [-0.2, 0) is 16.8 Å². The normalized spacial score (nSPS) is 5.76. The first kappa shape index (κ1) is 42.9. The van der Waals surface area contributed by atoms with Crippen LogP contribution in [0.2, 0.25) is 0 Å². The Morgan fingerprint density at radius 1 is 0.360 bits per heavy atom. The minimum Gasteiger partial charge on any atom is -0.465 e. The molecule has 0 saturated heterocycles. The van der Waals surface area contributed by atoms with Crippen molar-refractivity contribution in [3.8, 4) is 0 Å². The van der Waals surface area contributed by atoms with Crippen molar-refractivity contribution in [1.82, 2.24) is 0 Å². The molecule has 1 radical (unpaired) electrons. The van der Waals surface area contributed by atoms with Gasteiger partial charge in [0, 0.05) is 16.8 Å². The van der Waals surface area contributed by atoms with Crippen molar-refractivity contribution in [2.24, 2.45) is 34.4 Å². The first-order valence-corrected chi connectivity index (χ1v) is 4.30. The number of primary amides is 6. The quantitative estimate of drug-likeness (QED) is 0.195. The van der Waals surface area contributed by atoms with Crippen LogP contribution in [0.15, 0.2) is 0 Å². The average molecular weight is 425 g/mol. The molecule has 0 atom stereocenters. The van der Waals surface area contributed by atoms with E-state index in [0.717, 1.165) is 0 Å². The number of nitrogens with two attached hydrogens (primary N) is 6. The topological polar surface area (TPSA) is 380 Å². The predicted molar refractivity (Wildman–Crippen MR) is 73.3 cm³/mol. The molecule has 0 aromatic rings. The largest absolute Gasteiger partial charge is 0.465 e. The molecule has 18 nitrogen and oxygen atoms in total. The van der Waals surface area contributed by atoms with Gasteiger partial charge in [-0.3, -0.25) is 0 Å². The Morgan fingerprint density at radius 2 is 0.360 bits per heavy atom. The third-order valence-electron chi connectivity index (χ3n) is 0. The van der Waals surface area contributed by atoms with E-state index in [1.165, 1.54) is 0 Å². The summed E-state index contributed by atoms with van der Waals surface area (Å²) in [6.07, 6.45) is -8.00. The molecule has 0 fully saturated rings. The van der Waals surface area contributed by atoms with E-state index in [1.807, 2.05) is 0 Å². The van der Waals surface area contributed by atoms with Crippen LogP contribution in [-0.4, -0.2) is 67.2 Å². The van der Waals surface area contributed by atoms with E-state index in [-0.39, 0.29) is 16.8 Å². The molecule has 6 amide bonds. The maximum absolute atomic E-state index is 8.78. The third-order valence-corrected chi connectivity index (χ3v) is 0. The average Bonchev–Trinajstić information content (AvgIpc) is 2.08. The number of hydrogen-bond acceptors (Lipinski definition) is 6. The van der Waals surface area contributed by atoms with Crippen molar-refractivity contribution in [3.05, 3.63) is 0 Å². The summed E-state index contributed by atoms with van der Waals surface area (Å²) in [6, 6.07) is 0. The van der Waals surface area contributed by atoms with Crippen LogP contribution >= 0.6 is 0 Å². The van der Waals surface area contributed by atoms with Gasteiger partial charge in [0.1, 0.15) is 0 Å². The van der Waals surface area contributed by atoms with E-state index in [0.29, 0.717) is 0 Å². The Kier molecular flexibility index (Phi) is 63.3. The minimum atomic E-state index is -1.33. The molecule has 25 heavy (non-hydrogen) atoms. The standard InChI is InChI=1S/6CH3NO2.Co/c6*2-1(3)4;/h6*2H2,(H,3,4);. The molecular formula is C6H18CoN6O12. The van der Waals surface area contributed by atoms with Gasteiger partial charge in [-0.1, -0.05) is 0 Å². The molecule has 0 bridgehead atoms. The molecule has 0 rings (SSSR count). The molecule has 18 N–H and O–H groups in total. The predicted octanol–water partition coefficient (Wildman–Crippen LogP) is -2.26. The Balaban J connectivity index is -0.0000000309. The molecule has 0 aliphatic rings. The molecule has 0 aliphatic carbocycles. The van der Waals surface area contributed by atoms with Crippen molar-refractivity contribution in [2.45, 2.75) is 0 Å². The summed E-state index contributed by atoms with van der Waals surface area (Å²) in [5.41, 5.74) is 24.2. The zero-order valence-electron chi connectivity index (χ0n) is 11.9. The molecule has 0 aromatic heterocycles. The molecular weight excluding hydrogens is 407 g/mol. The molecule has 153 valence electrons. The zero-order valence-corrected chi connectivity index (χ0v) is 13.0. The summed E-state index contributed by atoms with van der Waals surface area (Å²) in [5.74, 6) is 0. The van der Waals surface area contributed by atoms with Gasteiger partial charge in [-0.2, -0.15) is 0 Å². The molecule has 0 unspecified atom stereocenters. The van der Waals surface area contributed by atoms with Crippen LogP contribution in [0, 0.1) is 0 Å². The number of rotatable bonds is 0. The number of carboxylic acid groups (broad SMARTS) is 6. The Bertz CT molecular complexity index is 273. The Morgan fingerprint density at radius 3 is 0.360 bits per heavy atom. The molecule has 0 aliphatic heterocycles. The summed E-state index contributed by atoms with van der Waals surface area (Å²) in [5, 5.41) is 43.2. The van der Waals surface area contributed by atoms with Gasteiger partial charge < -0.3 is 65.0 Å². The van der Waals surface area contributed by atoms with Crippen LogP contribution in [0.4, 0.5) is 28.8 Å². The van der Waals surface area contributed by atoms with Crippen LogP contribution < -0.4 is 34.4 Å². The summed E-state index contributed by atoms with van der Waals surface area (Å²) >= 11 is 0. The first-order chi connectivity index (χ1) is 10.4. The Labute approximate surface area is 148 Å². The maximum atomic E-state index is 8.78. The maximum Gasteiger partial charge on any atom is 0.402 e. The molecule has 0 saturated carbocycles. The molecule has 0 spiro atoms. The van der Waals surface area contributed by atoms with E-state index in [4.69, 9.17) is 59.4 Å². The van der Waals surface area contributed by atoms with Crippen molar-refractivity contribution in [2.75, 3.05) is 0 Å². The van der Waals surface area contributed by atoms with Gasteiger partial charge in [-0.05, 0) is 0 Å². The first-order valence-electron chi connectivity index (χ1n) is 4.30. The van der Waals surface area contributed by atoms with E-state index in [9.17, 15) is 0 Å². The summed E-state index contributed by atoms with van der Waals surface area (Å²) < 4.78 is 0. The van der Waals surface area contributed by atoms with Gasteiger partial charge in [0.05, 0.1) is 0 Å². The fourth-order valence-corrected chi connectivity index (χ4v) is 0. The molecule has 0 aromatic carbocycles. The van der Waals surface area contributed by atoms with Crippen molar-refractivity contribution >= 4 is 36.6 Å². The fourth-order valence-electron chi connectivity index (χ4n) is 0. The van der Waals surface area contributed by atoms with Crippen LogP contribution in [0.25, 0.3) is 0 Å². The minimum absolute atomic E-state index is 0. The third kappa shape index (κ3) is 441. The van der Waals surface area contributed by atoms with Crippen LogP contribution in [0.3, 0.4) is 0 Å².